The minimum Gasteiger partial charge on any atom is -0.386 e. The molecule has 0 aliphatic heterocycles. The van der Waals surface area contributed by atoms with Crippen molar-refractivity contribution >= 4 is 35.1 Å². The Balaban J connectivity index is 2.17. The first-order valence-corrected chi connectivity index (χ1v) is 9.64. The molecule has 0 saturated carbocycles. The van der Waals surface area contributed by atoms with E-state index < -0.39 is 41.0 Å². The van der Waals surface area contributed by atoms with Gasteiger partial charge in [0, 0.05) is 22.8 Å². The van der Waals surface area contributed by atoms with Crippen LogP contribution >= 0.6 is 23.2 Å². The molecule has 32 heavy (non-hydrogen) atoms. The third-order valence-corrected chi connectivity index (χ3v) is 5.31. The Morgan fingerprint density at radius 2 is 1.75 bits per heavy atom. The van der Waals surface area contributed by atoms with E-state index in [0.29, 0.717) is 11.3 Å². The summed E-state index contributed by atoms with van der Waals surface area (Å²) in [6, 6.07) is 7.71. The molecule has 0 aliphatic carbocycles. The summed E-state index contributed by atoms with van der Waals surface area (Å²) in [7, 11) is 0. The fraction of sp³-hybridized carbons (Fsp3) is 0.316. The zero-order valence-corrected chi connectivity index (χ0v) is 17.6. The van der Waals surface area contributed by atoms with E-state index in [1.807, 2.05) is 0 Å². The minimum atomic E-state index is -5.00. The first-order valence-electron chi connectivity index (χ1n) is 8.88. The number of hydrogen-bond donors (Lipinski definition) is 3. The quantitative estimate of drug-likeness (QED) is 0.362. The van der Waals surface area contributed by atoms with Crippen LogP contribution in [0.15, 0.2) is 42.6 Å². The fourth-order valence-corrected chi connectivity index (χ4v) is 2.86. The van der Waals surface area contributed by atoms with Crippen LogP contribution in [0.5, 0.6) is 0 Å². The number of carbonyl (C=O) groups excluding carboxylic acids is 2. The second kappa shape index (κ2) is 10.4. The number of nitrogens with zero attached hydrogens (tertiary/aromatic N) is 1. The molecule has 0 fully saturated rings. The van der Waals surface area contributed by atoms with Gasteiger partial charge in [0.2, 0.25) is 0 Å². The molecule has 1 amide bonds. The third-order valence-electron chi connectivity index (χ3n) is 4.49. The number of alkyl halides is 5. The first kappa shape index (κ1) is 25.8. The van der Waals surface area contributed by atoms with Gasteiger partial charge in [-0.05, 0) is 17.2 Å². The summed E-state index contributed by atoms with van der Waals surface area (Å²) < 4.78 is 49.0. The molecule has 0 unspecified atom stereocenters. The van der Waals surface area contributed by atoms with E-state index in [0.717, 1.165) is 5.56 Å². The Kier molecular flexibility index (Phi) is 8.41. The van der Waals surface area contributed by atoms with Gasteiger partial charge in [0.15, 0.2) is 0 Å². The van der Waals surface area contributed by atoms with Crippen molar-refractivity contribution in [2.75, 3.05) is 6.67 Å². The van der Waals surface area contributed by atoms with Gasteiger partial charge < -0.3 is 16.2 Å². The standard InChI is InChI=1S/C19H17Cl2F4N3O4/c20-18(21,19(23,24)17(31)32-25)16(30)28-14(7-22)15(29)11-3-1-10(2-4-11)12-5-6-13(8-26)27-9-12/h1-6,9,14-15,29H,7-8,26H2,(H,28,30)/t14-,15+/m1/s1. The Morgan fingerprint density at radius 1 is 1.16 bits per heavy atom. The summed E-state index contributed by atoms with van der Waals surface area (Å²) in [6.45, 7) is -1.14. The summed E-state index contributed by atoms with van der Waals surface area (Å²) in [5, 5.41) is 12.1. The van der Waals surface area contributed by atoms with Crippen molar-refractivity contribution in [3.05, 3.63) is 53.9 Å². The van der Waals surface area contributed by atoms with E-state index in [1.54, 1.807) is 35.8 Å². The van der Waals surface area contributed by atoms with Crippen molar-refractivity contribution in [3.63, 3.8) is 0 Å². The van der Waals surface area contributed by atoms with Crippen LogP contribution < -0.4 is 11.1 Å². The second-order valence-electron chi connectivity index (χ2n) is 6.56. The molecule has 1 aromatic carbocycles. The maximum absolute atomic E-state index is 13.8. The average molecular weight is 498 g/mol. The van der Waals surface area contributed by atoms with Crippen LogP contribution in [0.2, 0.25) is 0 Å². The number of nitrogens with two attached hydrogens (primary N) is 1. The molecule has 0 bridgehead atoms. The van der Waals surface area contributed by atoms with Crippen LogP contribution in [0, 0.1) is 0 Å². The van der Waals surface area contributed by atoms with Gasteiger partial charge in [0.25, 0.3) is 10.2 Å². The van der Waals surface area contributed by atoms with Crippen molar-refractivity contribution in [1.29, 1.82) is 0 Å². The molecule has 0 radical (unpaired) electrons. The molecule has 174 valence electrons. The third kappa shape index (κ3) is 5.29. The summed E-state index contributed by atoms with van der Waals surface area (Å²) in [5.41, 5.74) is 7.72. The first-order chi connectivity index (χ1) is 15.0. The van der Waals surface area contributed by atoms with Crippen molar-refractivity contribution in [1.82, 2.24) is 10.3 Å². The number of carbonyl (C=O) groups is 2. The molecule has 1 heterocycles. The molecule has 0 saturated heterocycles. The number of amides is 1. The van der Waals surface area contributed by atoms with Gasteiger partial charge >= 0.3 is 11.9 Å². The molecular formula is C19H17Cl2F4N3O4. The SMILES string of the molecule is NCc1ccc(-c2ccc([C@H](O)[C@@H](CF)NC(=O)C(Cl)(Cl)C(F)(F)C(=O)OF)cc2)cn1. The largest absolute Gasteiger partial charge is 0.421 e. The van der Waals surface area contributed by atoms with E-state index in [1.165, 1.54) is 12.1 Å². The minimum absolute atomic E-state index is 0.118. The summed E-state index contributed by atoms with van der Waals surface area (Å²) in [6.07, 6.45) is -0.122. The number of hydrogen-bond acceptors (Lipinski definition) is 6. The average Bonchev–Trinajstić information content (AvgIpc) is 2.81. The lowest BCUT2D eigenvalue weighted by molar-refractivity contribution is -0.213. The molecule has 4 N–H and O–H groups in total. The van der Waals surface area contributed by atoms with E-state index in [-0.39, 0.29) is 12.1 Å². The molecule has 1 aromatic heterocycles. The number of halogens is 6. The van der Waals surface area contributed by atoms with E-state index in [9.17, 15) is 32.4 Å². The predicted molar refractivity (Wildman–Crippen MR) is 107 cm³/mol. The van der Waals surface area contributed by atoms with Crippen LogP contribution in [0.25, 0.3) is 11.1 Å². The number of aromatic nitrogens is 1. The molecule has 0 spiro atoms. The van der Waals surface area contributed by atoms with Gasteiger partial charge in [-0.15, -0.1) is 0 Å². The lowest BCUT2D eigenvalue weighted by atomic mass is 9.99. The summed E-state index contributed by atoms with van der Waals surface area (Å²) >= 11 is 10.5. The molecule has 0 aliphatic rings. The van der Waals surface area contributed by atoms with Crippen LogP contribution in [-0.2, 0) is 21.1 Å². The van der Waals surface area contributed by atoms with Crippen LogP contribution in [0.3, 0.4) is 0 Å². The smallest absolute Gasteiger partial charge is 0.386 e. The molecule has 2 rings (SSSR count). The summed E-state index contributed by atoms with van der Waals surface area (Å²) in [4.78, 5) is 29.4. The normalized spacial score (nSPS) is 13.9. The fourth-order valence-electron chi connectivity index (χ4n) is 2.60. The Labute approximate surface area is 189 Å². The number of rotatable bonds is 9. The van der Waals surface area contributed by atoms with Crippen molar-refractivity contribution in [2.45, 2.75) is 28.9 Å². The van der Waals surface area contributed by atoms with Crippen molar-refractivity contribution < 1.29 is 37.3 Å². The molecular weight excluding hydrogens is 481 g/mol. The molecule has 13 heteroatoms. The highest BCUT2D eigenvalue weighted by atomic mass is 35.5. The number of nitrogens with one attached hydrogen (secondary N) is 1. The van der Waals surface area contributed by atoms with Crippen LogP contribution in [0.1, 0.15) is 17.4 Å². The number of aliphatic hydroxyl groups is 1. The summed E-state index contributed by atoms with van der Waals surface area (Å²) in [5.74, 6) is -9.77. The van der Waals surface area contributed by atoms with Gasteiger partial charge in [0.05, 0.1) is 11.7 Å². The van der Waals surface area contributed by atoms with Gasteiger partial charge in [-0.1, -0.05) is 53.5 Å². The Morgan fingerprint density at radius 3 is 2.22 bits per heavy atom. The number of benzene rings is 1. The maximum Gasteiger partial charge on any atom is 0.421 e. The lowest BCUT2D eigenvalue weighted by Crippen LogP contribution is -2.57. The van der Waals surface area contributed by atoms with Crippen LogP contribution in [-0.4, -0.2) is 44.9 Å². The topological polar surface area (TPSA) is 115 Å². The van der Waals surface area contributed by atoms with Gasteiger partial charge in [-0.3, -0.25) is 9.78 Å². The molecule has 2 aromatic rings. The molecule has 7 nitrogen and oxygen atoms in total. The van der Waals surface area contributed by atoms with Gasteiger partial charge in [-0.25, -0.2) is 14.1 Å². The van der Waals surface area contributed by atoms with Crippen molar-refractivity contribution in [3.8, 4) is 11.1 Å². The van der Waals surface area contributed by atoms with Crippen molar-refractivity contribution in [2.24, 2.45) is 5.73 Å². The zero-order valence-electron chi connectivity index (χ0n) is 16.1. The van der Waals surface area contributed by atoms with Gasteiger partial charge in [-0.2, -0.15) is 8.78 Å². The number of aliphatic hydroxyl groups excluding tert-OH is 1. The van der Waals surface area contributed by atoms with E-state index >= 15 is 0 Å². The number of pyridine rings is 1. The predicted octanol–water partition coefficient (Wildman–Crippen LogP) is 2.93. The van der Waals surface area contributed by atoms with E-state index in [4.69, 9.17) is 28.9 Å². The van der Waals surface area contributed by atoms with Crippen LogP contribution in [0.4, 0.5) is 17.7 Å². The van der Waals surface area contributed by atoms with Gasteiger partial charge in [0.1, 0.15) is 12.8 Å². The lowest BCUT2D eigenvalue weighted by Gasteiger charge is -2.28. The maximum atomic E-state index is 13.8. The monoisotopic (exact) mass is 497 g/mol. The highest BCUT2D eigenvalue weighted by Crippen LogP contribution is 2.40. The second-order valence-corrected chi connectivity index (χ2v) is 7.88. The molecule has 2 atom stereocenters. The Bertz CT molecular complexity index is 947. The highest BCUT2D eigenvalue weighted by Gasteiger charge is 2.65. The van der Waals surface area contributed by atoms with E-state index in [2.05, 4.69) is 9.93 Å². The zero-order chi connectivity index (χ0) is 24.1. The highest BCUT2D eigenvalue weighted by molar-refractivity contribution is 6.60. The Hall–Kier alpha value is -2.47.